The molecule has 0 unspecified atom stereocenters. The fourth-order valence-corrected chi connectivity index (χ4v) is 1.69. The van der Waals surface area contributed by atoms with E-state index in [4.69, 9.17) is 0 Å². The van der Waals surface area contributed by atoms with Crippen molar-refractivity contribution < 1.29 is 0 Å². The summed E-state index contributed by atoms with van der Waals surface area (Å²) in [6.07, 6.45) is 0. The topological polar surface area (TPSA) is 0 Å². The van der Waals surface area contributed by atoms with Gasteiger partial charge in [-0.3, -0.25) is 0 Å². The summed E-state index contributed by atoms with van der Waals surface area (Å²) in [5, 5.41) is 0. The first-order valence-electron chi connectivity index (χ1n) is 8.00. The van der Waals surface area contributed by atoms with Crippen LogP contribution in [0.3, 0.4) is 0 Å². The van der Waals surface area contributed by atoms with E-state index in [9.17, 15) is 0 Å². The molecule has 22 heavy (non-hydrogen) atoms. The third kappa shape index (κ3) is 7.51. The van der Waals surface area contributed by atoms with Crippen molar-refractivity contribution in [1.29, 1.82) is 0 Å². The molecule has 0 spiro atoms. The van der Waals surface area contributed by atoms with Crippen LogP contribution in [-0.4, -0.2) is 0 Å². The Morgan fingerprint density at radius 3 is 0.636 bits per heavy atom. The molecule has 1 aromatic rings. The first-order chi connectivity index (χ1) is 10.0. The molecular weight excluding hydrogens is 264 g/mol. The molecule has 0 heterocycles. The first kappa shape index (κ1) is 22.8. The van der Waals surface area contributed by atoms with Gasteiger partial charge >= 0.3 is 0 Å². The molecule has 0 saturated heterocycles. The summed E-state index contributed by atoms with van der Waals surface area (Å²) in [4.78, 5) is 0. The highest BCUT2D eigenvalue weighted by atomic mass is 14.1. The summed E-state index contributed by atoms with van der Waals surface area (Å²) >= 11 is 0. The van der Waals surface area contributed by atoms with E-state index in [0.717, 1.165) is 0 Å². The van der Waals surface area contributed by atoms with E-state index in [2.05, 4.69) is 81.1 Å². The van der Waals surface area contributed by atoms with E-state index in [1.807, 2.05) is 13.8 Å². The van der Waals surface area contributed by atoms with Gasteiger partial charge in [-0.15, -0.1) is 11.8 Å². The van der Waals surface area contributed by atoms with Gasteiger partial charge < -0.3 is 0 Å². The normalized spacial score (nSPS) is 8.55. The summed E-state index contributed by atoms with van der Waals surface area (Å²) in [7, 11) is 0. The fourth-order valence-electron chi connectivity index (χ4n) is 1.69. The van der Waals surface area contributed by atoms with E-state index in [1.54, 1.807) is 0 Å². The Kier molecular flexibility index (Phi) is 11.5. The Balaban J connectivity index is 0. The van der Waals surface area contributed by atoms with Crippen molar-refractivity contribution >= 4 is 0 Å². The van der Waals surface area contributed by atoms with E-state index < -0.39 is 0 Å². The van der Waals surface area contributed by atoms with Gasteiger partial charge in [-0.1, -0.05) is 11.1 Å². The molecule has 0 aromatic heterocycles. The van der Waals surface area contributed by atoms with Crippen molar-refractivity contribution in [1.82, 2.24) is 0 Å². The Hall–Kier alpha value is -1.48. The fraction of sp³-hybridized carbons (Fsp3) is 0.545. The maximum Gasteiger partial charge on any atom is -0.00271 e. The maximum atomic E-state index is 2.68. The van der Waals surface area contributed by atoms with E-state index in [1.165, 1.54) is 44.5 Å². The lowest BCUT2D eigenvalue weighted by Gasteiger charge is -2.15. The van der Waals surface area contributed by atoms with Crippen LogP contribution in [0.25, 0.3) is 0 Å². The second-order valence-electron chi connectivity index (χ2n) is 6.25. The van der Waals surface area contributed by atoms with Crippen LogP contribution in [0.5, 0.6) is 0 Å². The summed E-state index contributed by atoms with van der Waals surface area (Å²) in [5.41, 5.74) is 11.6. The molecule has 0 amide bonds. The van der Waals surface area contributed by atoms with Crippen LogP contribution in [0, 0.1) is 53.4 Å². The molecular formula is C22H36. The highest BCUT2D eigenvalue weighted by Crippen LogP contribution is 2.24. The molecule has 1 rings (SSSR count). The predicted octanol–water partition coefficient (Wildman–Crippen LogP) is 6.93. The number of allylic oxidation sites excluding steroid dienone is 2. The minimum atomic E-state index is 1.43. The minimum Gasteiger partial charge on any atom is -0.107 e. The molecule has 124 valence electrons. The van der Waals surface area contributed by atoms with E-state index >= 15 is 0 Å². The lowest BCUT2D eigenvalue weighted by atomic mass is 9.90. The van der Waals surface area contributed by atoms with Crippen LogP contribution in [0.15, 0.2) is 11.1 Å². The third-order valence-electron chi connectivity index (χ3n) is 4.62. The lowest BCUT2D eigenvalue weighted by molar-refractivity contribution is 1.13. The van der Waals surface area contributed by atoms with Gasteiger partial charge in [-0.2, -0.15) is 0 Å². The van der Waals surface area contributed by atoms with E-state index in [0.29, 0.717) is 0 Å². The molecule has 0 atom stereocenters. The van der Waals surface area contributed by atoms with Crippen molar-refractivity contribution in [3.05, 3.63) is 44.5 Å². The average Bonchev–Trinajstić information content (AvgIpc) is 2.49. The molecule has 0 bridgehead atoms. The van der Waals surface area contributed by atoms with Crippen molar-refractivity contribution in [2.24, 2.45) is 0 Å². The van der Waals surface area contributed by atoms with Crippen LogP contribution >= 0.6 is 0 Å². The highest BCUT2D eigenvalue weighted by molar-refractivity contribution is 5.48. The standard InChI is InChI=1S/C12H18.C6H12.C4H6/c1-7-8(2)10(4)12(6)11(5)9(7)3;1-5(2)6(3)4;1-3-4-2/h1-6H3;1-4H3;1-2H3. The molecule has 0 aliphatic heterocycles. The number of hydrogen-bond donors (Lipinski definition) is 0. The largest absolute Gasteiger partial charge is 0.107 e. The Bertz CT molecular complexity index is 443. The molecule has 0 N–H and O–H groups in total. The summed E-state index contributed by atoms with van der Waals surface area (Å²) < 4.78 is 0. The van der Waals surface area contributed by atoms with Gasteiger partial charge in [0, 0.05) is 0 Å². The zero-order chi connectivity index (χ0) is 18.0. The van der Waals surface area contributed by atoms with Gasteiger partial charge in [-0.05, 0) is 116 Å². The van der Waals surface area contributed by atoms with Crippen LogP contribution in [-0.2, 0) is 0 Å². The van der Waals surface area contributed by atoms with Gasteiger partial charge in [0.25, 0.3) is 0 Å². The van der Waals surface area contributed by atoms with Crippen molar-refractivity contribution in [3.8, 4) is 11.8 Å². The molecule has 0 aliphatic rings. The van der Waals surface area contributed by atoms with Crippen LogP contribution in [0.2, 0.25) is 0 Å². The van der Waals surface area contributed by atoms with Crippen LogP contribution in [0.1, 0.15) is 74.9 Å². The SMILES string of the molecule is CC#CC.CC(C)=C(C)C.Cc1c(C)c(C)c(C)c(C)c1C. The first-order valence-corrected chi connectivity index (χ1v) is 8.00. The smallest absolute Gasteiger partial charge is 0.00271 e. The van der Waals surface area contributed by atoms with Crippen LogP contribution in [0.4, 0.5) is 0 Å². The second-order valence-corrected chi connectivity index (χ2v) is 6.25. The molecule has 0 saturated carbocycles. The predicted molar refractivity (Wildman–Crippen MR) is 104 cm³/mol. The Morgan fingerprint density at radius 1 is 0.455 bits per heavy atom. The number of benzene rings is 1. The van der Waals surface area contributed by atoms with Crippen molar-refractivity contribution in [3.63, 3.8) is 0 Å². The van der Waals surface area contributed by atoms with Gasteiger partial charge in [-0.25, -0.2) is 0 Å². The quantitative estimate of drug-likeness (QED) is 0.360. The zero-order valence-corrected chi connectivity index (χ0v) is 17.0. The molecule has 1 aromatic carbocycles. The summed E-state index contributed by atoms with van der Waals surface area (Å²) in [6.45, 7) is 25.4. The minimum absolute atomic E-state index is 1.43. The van der Waals surface area contributed by atoms with Gasteiger partial charge in [0.15, 0.2) is 0 Å². The molecule has 0 nitrogen and oxygen atoms in total. The van der Waals surface area contributed by atoms with Gasteiger partial charge in [0.1, 0.15) is 0 Å². The molecule has 0 heteroatoms. The van der Waals surface area contributed by atoms with E-state index in [-0.39, 0.29) is 0 Å². The average molecular weight is 301 g/mol. The van der Waals surface area contributed by atoms with Gasteiger partial charge in [0.2, 0.25) is 0 Å². The Labute approximate surface area is 140 Å². The molecule has 0 radical (unpaired) electrons. The molecule has 0 fully saturated rings. The summed E-state index contributed by atoms with van der Waals surface area (Å²) in [6, 6.07) is 0. The van der Waals surface area contributed by atoms with Crippen LogP contribution < -0.4 is 0 Å². The van der Waals surface area contributed by atoms with Crippen molar-refractivity contribution in [2.45, 2.75) is 83.1 Å². The third-order valence-corrected chi connectivity index (χ3v) is 4.62. The molecule has 0 aliphatic carbocycles. The number of rotatable bonds is 0. The van der Waals surface area contributed by atoms with Crippen molar-refractivity contribution in [2.75, 3.05) is 0 Å². The number of hydrogen-bond acceptors (Lipinski definition) is 0. The zero-order valence-electron chi connectivity index (χ0n) is 17.0. The summed E-state index contributed by atoms with van der Waals surface area (Å²) in [5.74, 6) is 5.36. The monoisotopic (exact) mass is 300 g/mol. The maximum absolute atomic E-state index is 2.68. The highest BCUT2D eigenvalue weighted by Gasteiger charge is 2.07. The second kappa shape index (κ2) is 11.1. The lowest BCUT2D eigenvalue weighted by Crippen LogP contribution is -1.98. The van der Waals surface area contributed by atoms with Gasteiger partial charge in [0.05, 0.1) is 0 Å². The Morgan fingerprint density at radius 2 is 0.591 bits per heavy atom.